The van der Waals surface area contributed by atoms with Gasteiger partial charge in [0.05, 0.1) is 6.54 Å². The van der Waals surface area contributed by atoms with Crippen molar-refractivity contribution >= 4 is 11.4 Å². The molecule has 130 valence electrons. The second kappa shape index (κ2) is 6.64. The van der Waals surface area contributed by atoms with E-state index in [9.17, 15) is 4.79 Å². The van der Waals surface area contributed by atoms with Gasteiger partial charge in [0.2, 0.25) is 0 Å². The fourth-order valence-electron chi connectivity index (χ4n) is 4.01. The Balaban J connectivity index is 1.43. The summed E-state index contributed by atoms with van der Waals surface area (Å²) in [6.45, 7) is 6.55. The molecule has 0 unspecified atom stereocenters. The average Bonchev–Trinajstić information content (AvgIpc) is 3.41. The van der Waals surface area contributed by atoms with Crippen LogP contribution in [0.3, 0.4) is 0 Å². The zero-order valence-corrected chi connectivity index (χ0v) is 15.2. The molecule has 0 amide bonds. The summed E-state index contributed by atoms with van der Waals surface area (Å²) in [6.07, 6.45) is 5.80. The largest absolute Gasteiger partial charge is 0.345 e. The molecule has 1 fully saturated rings. The molecular weight excluding hydrogens is 308 g/mol. The number of nitrogens with zero attached hydrogens (tertiary/aromatic N) is 2. The van der Waals surface area contributed by atoms with E-state index < -0.39 is 0 Å². The van der Waals surface area contributed by atoms with Gasteiger partial charge < -0.3 is 4.57 Å². The molecule has 3 nitrogen and oxygen atoms in total. The fraction of sp³-hybridized carbons (Fsp3) is 0.409. The van der Waals surface area contributed by atoms with Crippen LogP contribution < -0.4 is 0 Å². The third kappa shape index (κ3) is 3.34. The molecule has 1 saturated carbocycles. The summed E-state index contributed by atoms with van der Waals surface area (Å²) in [4.78, 5) is 15.1. The van der Waals surface area contributed by atoms with Crippen LogP contribution in [-0.2, 0) is 0 Å². The molecule has 2 aromatic rings. The molecule has 0 bridgehead atoms. The zero-order valence-electron chi connectivity index (χ0n) is 15.2. The number of benzene rings is 1. The van der Waals surface area contributed by atoms with Crippen LogP contribution in [0, 0.1) is 13.8 Å². The van der Waals surface area contributed by atoms with Crippen molar-refractivity contribution < 1.29 is 4.79 Å². The molecule has 25 heavy (non-hydrogen) atoms. The monoisotopic (exact) mass is 334 g/mol. The van der Waals surface area contributed by atoms with Gasteiger partial charge in [0, 0.05) is 36.1 Å². The molecule has 4 rings (SSSR count). The van der Waals surface area contributed by atoms with E-state index in [1.165, 1.54) is 29.7 Å². The van der Waals surface area contributed by atoms with E-state index in [-0.39, 0.29) is 5.78 Å². The zero-order chi connectivity index (χ0) is 17.4. The standard InChI is InChI=1S/C22H26N2O/c1-16-14-21(17(2)24(16)20-8-9-20)22(25)15-23-12-10-19(11-13-23)18-6-4-3-5-7-18/h3-7,10,14,20H,8-9,11-13,15H2,1-2H3. The van der Waals surface area contributed by atoms with Crippen molar-refractivity contribution in [1.82, 2.24) is 9.47 Å². The van der Waals surface area contributed by atoms with Crippen molar-refractivity contribution in [2.24, 2.45) is 0 Å². The van der Waals surface area contributed by atoms with E-state index in [4.69, 9.17) is 0 Å². The fourth-order valence-corrected chi connectivity index (χ4v) is 4.01. The predicted molar refractivity (Wildman–Crippen MR) is 102 cm³/mol. The molecule has 1 aromatic carbocycles. The van der Waals surface area contributed by atoms with Crippen molar-refractivity contribution in [3.63, 3.8) is 0 Å². The summed E-state index contributed by atoms with van der Waals surface area (Å²) < 4.78 is 2.36. The van der Waals surface area contributed by atoms with Gasteiger partial charge in [0.1, 0.15) is 0 Å². The van der Waals surface area contributed by atoms with Gasteiger partial charge in [-0.05, 0) is 50.3 Å². The van der Waals surface area contributed by atoms with Gasteiger partial charge in [-0.25, -0.2) is 0 Å². The Kier molecular flexibility index (Phi) is 4.34. The first-order valence-electron chi connectivity index (χ1n) is 9.32. The Morgan fingerprint density at radius 3 is 2.56 bits per heavy atom. The number of ketones is 1. The quantitative estimate of drug-likeness (QED) is 0.757. The maximum atomic E-state index is 12.8. The van der Waals surface area contributed by atoms with E-state index in [1.807, 2.05) is 0 Å². The van der Waals surface area contributed by atoms with E-state index in [0.29, 0.717) is 12.6 Å². The number of aromatic nitrogens is 1. The van der Waals surface area contributed by atoms with Crippen LogP contribution in [0.1, 0.15) is 52.6 Å². The maximum absolute atomic E-state index is 12.8. The van der Waals surface area contributed by atoms with Crippen LogP contribution in [0.4, 0.5) is 0 Å². The van der Waals surface area contributed by atoms with Gasteiger partial charge >= 0.3 is 0 Å². The second-order valence-corrected chi connectivity index (χ2v) is 7.39. The normalized spacial score (nSPS) is 18.2. The van der Waals surface area contributed by atoms with Crippen LogP contribution in [-0.4, -0.2) is 34.9 Å². The molecule has 0 spiro atoms. The lowest BCUT2D eigenvalue weighted by atomic mass is 9.99. The van der Waals surface area contributed by atoms with E-state index in [2.05, 4.69) is 65.8 Å². The van der Waals surface area contributed by atoms with Gasteiger partial charge in [-0.2, -0.15) is 0 Å². The number of Topliss-reactive ketones (excluding diaryl/α,β-unsaturated/α-hetero) is 1. The summed E-state index contributed by atoms with van der Waals surface area (Å²) in [5.41, 5.74) is 6.01. The molecule has 1 aromatic heterocycles. The van der Waals surface area contributed by atoms with E-state index in [0.717, 1.165) is 30.8 Å². The predicted octanol–water partition coefficient (Wildman–Crippen LogP) is 4.41. The van der Waals surface area contributed by atoms with E-state index >= 15 is 0 Å². The number of aryl methyl sites for hydroxylation is 1. The number of rotatable bonds is 5. The molecule has 2 heterocycles. The number of hydrogen-bond acceptors (Lipinski definition) is 2. The minimum absolute atomic E-state index is 0.261. The highest BCUT2D eigenvalue weighted by Gasteiger charge is 2.28. The Labute approximate surface area is 150 Å². The SMILES string of the molecule is Cc1cc(C(=O)CN2CC=C(c3ccccc3)CC2)c(C)n1C1CC1. The number of hydrogen-bond donors (Lipinski definition) is 0. The first kappa shape index (κ1) is 16.3. The highest BCUT2D eigenvalue weighted by Crippen LogP contribution is 2.38. The van der Waals surface area contributed by atoms with Gasteiger partial charge in [0.15, 0.2) is 5.78 Å². The lowest BCUT2D eigenvalue weighted by molar-refractivity contribution is 0.0937. The third-order valence-electron chi connectivity index (χ3n) is 5.50. The van der Waals surface area contributed by atoms with Crippen molar-refractivity contribution in [3.8, 4) is 0 Å². The molecule has 3 heteroatoms. The first-order valence-corrected chi connectivity index (χ1v) is 9.32. The van der Waals surface area contributed by atoms with Gasteiger partial charge in [-0.1, -0.05) is 36.4 Å². The molecule has 0 saturated heterocycles. The van der Waals surface area contributed by atoms with Gasteiger partial charge in [0.25, 0.3) is 0 Å². The summed E-state index contributed by atoms with van der Waals surface area (Å²) in [5, 5.41) is 0. The van der Waals surface area contributed by atoms with Crippen LogP contribution >= 0.6 is 0 Å². The molecule has 1 aliphatic heterocycles. The number of carbonyl (C=O) groups is 1. The summed E-state index contributed by atoms with van der Waals surface area (Å²) in [6, 6.07) is 13.3. The Hall–Kier alpha value is -2.13. The van der Waals surface area contributed by atoms with Gasteiger partial charge in [-0.3, -0.25) is 9.69 Å². The minimum atomic E-state index is 0.261. The number of carbonyl (C=O) groups excluding carboxylic acids is 1. The molecular formula is C22H26N2O. The summed E-state index contributed by atoms with van der Waals surface area (Å²) in [5.74, 6) is 0.261. The van der Waals surface area contributed by atoms with Crippen molar-refractivity contribution in [2.75, 3.05) is 19.6 Å². The van der Waals surface area contributed by atoms with Crippen LogP contribution in [0.25, 0.3) is 5.57 Å². The van der Waals surface area contributed by atoms with Crippen molar-refractivity contribution in [2.45, 2.75) is 39.2 Å². The topological polar surface area (TPSA) is 25.2 Å². The Morgan fingerprint density at radius 1 is 1.16 bits per heavy atom. The Morgan fingerprint density at radius 2 is 1.92 bits per heavy atom. The third-order valence-corrected chi connectivity index (χ3v) is 5.50. The highest BCUT2D eigenvalue weighted by atomic mass is 16.1. The molecule has 1 aliphatic carbocycles. The summed E-state index contributed by atoms with van der Waals surface area (Å²) >= 11 is 0. The minimum Gasteiger partial charge on any atom is -0.345 e. The maximum Gasteiger partial charge on any atom is 0.178 e. The second-order valence-electron chi connectivity index (χ2n) is 7.39. The first-order chi connectivity index (χ1) is 12.1. The van der Waals surface area contributed by atoms with Crippen LogP contribution in [0.2, 0.25) is 0 Å². The van der Waals surface area contributed by atoms with Crippen LogP contribution in [0.5, 0.6) is 0 Å². The van der Waals surface area contributed by atoms with Gasteiger partial charge in [-0.15, -0.1) is 0 Å². The van der Waals surface area contributed by atoms with Crippen molar-refractivity contribution in [1.29, 1.82) is 0 Å². The molecule has 0 N–H and O–H groups in total. The lowest BCUT2D eigenvalue weighted by Gasteiger charge is -2.25. The Bertz CT molecular complexity index is 812. The van der Waals surface area contributed by atoms with E-state index in [1.54, 1.807) is 0 Å². The van der Waals surface area contributed by atoms with Crippen molar-refractivity contribution in [3.05, 3.63) is 65.0 Å². The average molecular weight is 334 g/mol. The molecule has 2 aliphatic rings. The summed E-state index contributed by atoms with van der Waals surface area (Å²) in [7, 11) is 0. The highest BCUT2D eigenvalue weighted by molar-refractivity contribution is 5.99. The molecule has 0 atom stereocenters. The smallest absolute Gasteiger partial charge is 0.178 e. The lowest BCUT2D eigenvalue weighted by Crippen LogP contribution is -2.33. The van der Waals surface area contributed by atoms with Crippen LogP contribution in [0.15, 0.2) is 42.5 Å². The molecule has 0 radical (unpaired) electrons.